The fourth-order valence-corrected chi connectivity index (χ4v) is 3.18. The molecule has 2 rings (SSSR count). The monoisotopic (exact) mass is 418 g/mol. The van der Waals surface area contributed by atoms with Gasteiger partial charge in [0.15, 0.2) is 11.6 Å². The quantitative estimate of drug-likeness (QED) is 0.195. The Labute approximate surface area is 178 Å². The average molecular weight is 419 g/mol. The second-order valence-electron chi connectivity index (χ2n) is 7.48. The molecule has 30 heavy (non-hydrogen) atoms. The Morgan fingerprint density at radius 3 is 2.13 bits per heavy atom. The van der Waals surface area contributed by atoms with Gasteiger partial charge in [0, 0.05) is 0 Å². The van der Waals surface area contributed by atoms with Crippen LogP contribution in [0.3, 0.4) is 0 Å². The molecular weight excluding hydrogens is 386 g/mol. The molecule has 0 aliphatic carbocycles. The second kappa shape index (κ2) is 13.0. The molecule has 0 N–H and O–H groups in total. The number of carbonyl (C=O) groups is 1. The summed E-state index contributed by atoms with van der Waals surface area (Å²) in [6.45, 7) is 4.76. The van der Waals surface area contributed by atoms with E-state index >= 15 is 0 Å². The molecule has 0 bridgehead atoms. The van der Waals surface area contributed by atoms with E-state index in [0.29, 0.717) is 24.3 Å². The summed E-state index contributed by atoms with van der Waals surface area (Å²) in [5.74, 6) is -2.55. The first-order valence-corrected chi connectivity index (χ1v) is 11.0. The molecule has 0 atom stereocenters. The van der Waals surface area contributed by atoms with E-state index in [1.165, 1.54) is 49.9 Å². The van der Waals surface area contributed by atoms with E-state index in [-0.39, 0.29) is 5.56 Å². The van der Waals surface area contributed by atoms with Crippen LogP contribution in [0.4, 0.5) is 8.78 Å². The zero-order valence-electron chi connectivity index (χ0n) is 18.0. The molecule has 0 saturated heterocycles. The highest BCUT2D eigenvalue weighted by Gasteiger charge is 2.18. The predicted molar refractivity (Wildman–Crippen MR) is 115 cm³/mol. The van der Waals surface area contributed by atoms with Gasteiger partial charge in [-0.3, -0.25) is 0 Å². The van der Waals surface area contributed by atoms with E-state index in [9.17, 15) is 13.6 Å². The van der Waals surface area contributed by atoms with Crippen LogP contribution in [0.2, 0.25) is 0 Å². The Morgan fingerprint density at radius 2 is 1.47 bits per heavy atom. The molecule has 0 amide bonds. The van der Waals surface area contributed by atoms with Gasteiger partial charge in [0.05, 0.1) is 12.2 Å². The van der Waals surface area contributed by atoms with E-state index in [4.69, 9.17) is 9.47 Å². The van der Waals surface area contributed by atoms with Crippen molar-refractivity contribution in [3.8, 4) is 11.5 Å². The van der Waals surface area contributed by atoms with Crippen molar-refractivity contribution in [3.63, 3.8) is 0 Å². The van der Waals surface area contributed by atoms with Crippen molar-refractivity contribution < 1.29 is 23.0 Å². The molecule has 164 valence electrons. The highest BCUT2D eigenvalue weighted by molar-refractivity contribution is 5.91. The number of esters is 1. The molecule has 0 aliphatic heterocycles. The normalized spacial score (nSPS) is 10.8. The van der Waals surface area contributed by atoms with E-state index in [0.717, 1.165) is 25.7 Å². The summed E-state index contributed by atoms with van der Waals surface area (Å²) in [4.78, 5) is 12.3. The molecular formula is C25H32F2O3. The smallest absolute Gasteiger partial charge is 0.343 e. The van der Waals surface area contributed by atoms with Gasteiger partial charge in [0.1, 0.15) is 5.75 Å². The molecule has 2 aromatic carbocycles. The summed E-state index contributed by atoms with van der Waals surface area (Å²) in [6, 6.07) is 9.20. The maximum Gasteiger partial charge on any atom is 0.343 e. The number of hydrogen-bond acceptors (Lipinski definition) is 3. The zero-order valence-corrected chi connectivity index (χ0v) is 18.0. The minimum atomic E-state index is -1.12. The topological polar surface area (TPSA) is 35.5 Å². The number of unbranched alkanes of at least 4 members (excludes halogenated alkanes) is 6. The summed E-state index contributed by atoms with van der Waals surface area (Å²) in [5, 5.41) is 0. The lowest BCUT2D eigenvalue weighted by molar-refractivity contribution is 0.0726. The van der Waals surface area contributed by atoms with Gasteiger partial charge in [-0.25, -0.2) is 9.18 Å². The Balaban J connectivity index is 1.89. The maximum absolute atomic E-state index is 14.4. The van der Waals surface area contributed by atoms with Crippen LogP contribution in [0, 0.1) is 11.6 Å². The number of hydrogen-bond donors (Lipinski definition) is 0. The second-order valence-corrected chi connectivity index (χ2v) is 7.48. The molecule has 3 nitrogen and oxygen atoms in total. The van der Waals surface area contributed by atoms with Crippen molar-refractivity contribution in [2.75, 3.05) is 6.61 Å². The van der Waals surface area contributed by atoms with E-state index in [2.05, 4.69) is 6.92 Å². The third-order valence-electron chi connectivity index (χ3n) is 4.94. The van der Waals surface area contributed by atoms with Gasteiger partial charge in [-0.1, -0.05) is 58.4 Å². The largest absolute Gasteiger partial charge is 0.494 e. The number of carbonyl (C=O) groups excluding carboxylic acids is 1. The number of ether oxygens (including phenoxy) is 2. The van der Waals surface area contributed by atoms with Gasteiger partial charge in [-0.15, -0.1) is 0 Å². The zero-order chi connectivity index (χ0) is 21.8. The van der Waals surface area contributed by atoms with Gasteiger partial charge in [0.25, 0.3) is 0 Å². The van der Waals surface area contributed by atoms with Crippen LogP contribution in [-0.2, 0) is 6.42 Å². The van der Waals surface area contributed by atoms with Crippen molar-refractivity contribution in [3.05, 3.63) is 59.2 Å². The Kier molecular flexibility index (Phi) is 10.3. The molecule has 2 aromatic rings. The minimum Gasteiger partial charge on any atom is -0.494 e. The lowest BCUT2D eigenvalue weighted by Gasteiger charge is -2.10. The van der Waals surface area contributed by atoms with Crippen LogP contribution in [0.15, 0.2) is 36.4 Å². The first-order chi connectivity index (χ1) is 14.6. The van der Waals surface area contributed by atoms with Crippen molar-refractivity contribution in [1.29, 1.82) is 0 Å². The standard InChI is InChI=1S/C25H32F2O3/c1-3-5-6-7-8-9-10-11-19-14-17-22(24(27)23(19)26)30-25(28)20-12-15-21(16-13-20)29-18-4-2/h12-17H,3-11,18H2,1-2H3. The van der Waals surface area contributed by atoms with Crippen molar-refractivity contribution in [2.24, 2.45) is 0 Å². The lowest BCUT2D eigenvalue weighted by atomic mass is 10.0. The Hall–Kier alpha value is -2.43. The number of rotatable bonds is 13. The van der Waals surface area contributed by atoms with Crippen molar-refractivity contribution in [1.82, 2.24) is 0 Å². The highest BCUT2D eigenvalue weighted by atomic mass is 19.2. The van der Waals surface area contributed by atoms with Gasteiger partial charge < -0.3 is 9.47 Å². The van der Waals surface area contributed by atoms with E-state index in [1.54, 1.807) is 12.1 Å². The first-order valence-electron chi connectivity index (χ1n) is 11.0. The molecule has 0 radical (unpaired) electrons. The molecule has 0 unspecified atom stereocenters. The molecule has 0 fully saturated rings. The third kappa shape index (κ3) is 7.43. The molecule has 0 spiro atoms. The van der Waals surface area contributed by atoms with Crippen LogP contribution in [-0.4, -0.2) is 12.6 Å². The molecule has 0 aliphatic rings. The number of aryl methyl sites for hydroxylation is 1. The predicted octanol–water partition coefficient (Wildman–Crippen LogP) is 7.27. The fourth-order valence-electron chi connectivity index (χ4n) is 3.18. The first kappa shape index (κ1) is 23.8. The highest BCUT2D eigenvalue weighted by Crippen LogP contribution is 2.25. The minimum absolute atomic E-state index is 0.241. The fraction of sp³-hybridized carbons (Fsp3) is 0.480. The summed E-state index contributed by atoms with van der Waals surface area (Å²) in [7, 11) is 0. The van der Waals surface area contributed by atoms with Crippen LogP contribution < -0.4 is 9.47 Å². The number of benzene rings is 2. The van der Waals surface area contributed by atoms with Crippen LogP contribution in [0.1, 0.15) is 81.1 Å². The van der Waals surface area contributed by atoms with Crippen LogP contribution >= 0.6 is 0 Å². The van der Waals surface area contributed by atoms with E-state index < -0.39 is 23.4 Å². The Morgan fingerprint density at radius 1 is 0.800 bits per heavy atom. The molecule has 0 heterocycles. The molecule has 5 heteroatoms. The van der Waals surface area contributed by atoms with Crippen LogP contribution in [0.25, 0.3) is 0 Å². The summed E-state index contributed by atoms with van der Waals surface area (Å²) < 4.78 is 39.3. The Bertz CT molecular complexity index is 788. The van der Waals surface area contributed by atoms with Crippen molar-refractivity contribution in [2.45, 2.75) is 71.6 Å². The van der Waals surface area contributed by atoms with Crippen molar-refractivity contribution >= 4 is 5.97 Å². The number of halogens is 2. The van der Waals surface area contributed by atoms with E-state index in [1.807, 2.05) is 6.92 Å². The van der Waals surface area contributed by atoms with Gasteiger partial charge >= 0.3 is 5.97 Å². The third-order valence-corrected chi connectivity index (χ3v) is 4.94. The lowest BCUT2D eigenvalue weighted by Crippen LogP contribution is -2.10. The average Bonchev–Trinajstić information content (AvgIpc) is 2.76. The molecule has 0 saturated carbocycles. The summed E-state index contributed by atoms with van der Waals surface area (Å²) in [6.07, 6.45) is 9.15. The van der Waals surface area contributed by atoms with Gasteiger partial charge in [-0.2, -0.15) is 4.39 Å². The maximum atomic E-state index is 14.4. The molecule has 0 aromatic heterocycles. The SMILES string of the molecule is CCCCCCCCCc1ccc(OC(=O)c2ccc(OCCC)cc2)c(F)c1F. The summed E-state index contributed by atoms with van der Waals surface area (Å²) >= 11 is 0. The van der Waals surface area contributed by atoms with Gasteiger partial charge in [-0.05, 0) is 55.2 Å². The summed E-state index contributed by atoms with van der Waals surface area (Å²) in [5.41, 5.74) is 0.559. The van der Waals surface area contributed by atoms with Crippen LogP contribution in [0.5, 0.6) is 11.5 Å². The van der Waals surface area contributed by atoms with Gasteiger partial charge in [0.2, 0.25) is 5.82 Å².